The molecule has 2 rings (SSSR count). The van der Waals surface area contributed by atoms with Gasteiger partial charge in [-0.25, -0.2) is 4.79 Å². The van der Waals surface area contributed by atoms with Crippen molar-refractivity contribution in [1.29, 1.82) is 0 Å². The van der Waals surface area contributed by atoms with E-state index in [0.29, 0.717) is 0 Å². The molecule has 0 aliphatic carbocycles. The predicted octanol–water partition coefficient (Wildman–Crippen LogP) is 1.53. The Morgan fingerprint density at radius 1 is 0.960 bits per heavy atom. The standard InChI is InChI=1S/C18H22N2O5/c1-9(2)13(18(24)25)19-15(21)14(10(3)4)20-16(22)11-7-5-6-8-12(11)17(20)23/h5-10,13-14H,1-4H3,(H,19,21)(H,24,25)/t13-,14+/m1/s1. The number of fused-ring (bicyclic) bond motifs is 1. The van der Waals surface area contributed by atoms with E-state index < -0.39 is 35.8 Å². The number of aliphatic carboxylic acids is 1. The lowest BCUT2D eigenvalue weighted by Crippen LogP contribution is -2.56. The Kier molecular flexibility index (Phi) is 5.25. The first-order chi connectivity index (χ1) is 11.7. The summed E-state index contributed by atoms with van der Waals surface area (Å²) in [6.45, 7) is 6.76. The van der Waals surface area contributed by atoms with Gasteiger partial charge in [-0.15, -0.1) is 0 Å². The molecule has 0 spiro atoms. The van der Waals surface area contributed by atoms with E-state index in [4.69, 9.17) is 0 Å². The molecule has 3 amide bonds. The molecule has 0 saturated carbocycles. The number of imide groups is 1. The van der Waals surface area contributed by atoms with Gasteiger partial charge < -0.3 is 10.4 Å². The van der Waals surface area contributed by atoms with Gasteiger partial charge in [-0.1, -0.05) is 39.8 Å². The number of benzene rings is 1. The number of hydrogen-bond donors (Lipinski definition) is 2. The first-order valence-corrected chi connectivity index (χ1v) is 8.16. The minimum Gasteiger partial charge on any atom is -0.480 e. The summed E-state index contributed by atoms with van der Waals surface area (Å²) in [5.74, 6) is -3.59. The molecule has 7 heteroatoms. The van der Waals surface area contributed by atoms with Gasteiger partial charge in [0.2, 0.25) is 5.91 Å². The Morgan fingerprint density at radius 2 is 1.44 bits per heavy atom. The van der Waals surface area contributed by atoms with Crippen molar-refractivity contribution >= 4 is 23.7 Å². The molecule has 2 N–H and O–H groups in total. The molecule has 1 aromatic carbocycles. The van der Waals surface area contributed by atoms with Crippen LogP contribution in [0, 0.1) is 11.8 Å². The summed E-state index contributed by atoms with van der Waals surface area (Å²) in [7, 11) is 0. The highest BCUT2D eigenvalue weighted by atomic mass is 16.4. The van der Waals surface area contributed by atoms with Crippen molar-refractivity contribution < 1.29 is 24.3 Å². The van der Waals surface area contributed by atoms with Crippen molar-refractivity contribution in [3.8, 4) is 0 Å². The van der Waals surface area contributed by atoms with Crippen LogP contribution in [0.1, 0.15) is 48.4 Å². The summed E-state index contributed by atoms with van der Waals surface area (Å²) in [5.41, 5.74) is 0.509. The summed E-state index contributed by atoms with van der Waals surface area (Å²) >= 11 is 0. The molecule has 1 aliphatic heterocycles. The van der Waals surface area contributed by atoms with E-state index >= 15 is 0 Å². The topological polar surface area (TPSA) is 104 Å². The first-order valence-electron chi connectivity index (χ1n) is 8.16. The normalized spacial score (nSPS) is 16.2. The van der Waals surface area contributed by atoms with E-state index in [1.54, 1.807) is 52.0 Å². The van der Waals surface area contributed by atoms with E-state index in [9.17, 15) is 24.3 Å². The SMILES string of the molecule is CC(C)[C@@H](C(=O)N[C@@H](C(=O)O)C(C)C)N1C(=O)c2ccccc2C1=O. The number of nitrogens with zero attached hydrogens (tertiary/aromatic N) is 1. The van der Waals surface area contributed by atoms with Crippen LogP contribution >= 0.6 is 0 Å². The Hall–Kier alpha value is -2.70. The molecule has 0 aromatic heterocycles. The molecular formula is C18H22N2O5. The summed E-state index contributed by atoms with van der Waals surface area (Å²) in [6, 6.07) is 4.21. The number of amides is 3. The summed E-state index contributed by atoms with van der Waals surface area (Å²) < 4.78 is 0. The second kappa shape index (κ2) is 7.04. The van der Waals surface area contributed by atoms with Crippen molar-refractivity contribution in [2.24, 2.45) is 11.8 Å². The molecule has 7 nitrogen and oxygen atoms in total. The fourth-order valence-corrected chi connectivity index (χ4v) is 2.93. The van der Waals surface area contributed by atoms with Crippen LogP contribution in [0.15, 0.2) is 24.3 Å². The van der Waals surface area contributed by atoms with Crippen molar-refractivity contribution in [3.05, 3.63) is 35.4 Å². The highest BCUT2D eigenvalue weighted by Gasteiger charge is 2.44. The Balaban J connectivity index is 2.33. The van der Waals surface area contributed by atoms with Gasteiger partial charge in [-0.05, 0) is 24.0 Å². The van der Waals surface area contributed by atoms with Crippen LogP contribution in [-0.2, 0) is 9.59 Å². The van der Waals surface area contributed by atoms with Gasteiger partial charge >= 0.3 is 5.97 Å². The minimum atomic E-state index is -1.16. The third kappa shape index (κ3) is 3.40. The molecule has 1 aliphatic rings. The van der Waals surface area contributed by atoms with Crippen molar-refractivity contribution in [1.82, 2.24) is 10.2 Å². The van der Waals surface area contributed by atoms with E-state index in [-0.39, 0.29) is 23.0 Å². The van der Waals surface area contributed by atoms with E-state index in [0.717, 1.165) is 4.90 Å². The zero-order valence-electron chi connectivity index (χ0n) is 14.6. The molecular weight excluding hydrogens is 324 g/mol. The maximum Gasteiger partial charge on any atom is 0.326 e. The predicted molar refractivity (Wildman–Crippen MR) is 90.0 cm³/mol. The molecule has 134 valence electrons. The average Bonchev–Trinajstić information content (AvgIpc) is 2.77. The van der Waals surface area contributed by atoms with Crippen molar-refractivity contribution in [2.45, 2.75) is 39.8 Å². The van der Waals surface area contributed by atoms with E-state index in [2.05, 4.69) is 5.32 Å². The van der Waals surface area contributed by atoms with Crippen LogP contribution in [0.2, 0.25) is 0 Å². The number of carbonyl (C=O) groups excluding carboxylic acids is 3. The summed E-state index contributed by atoms with van der Waals surface area (Å²) in [4.78, 5) is 50.2. The number of carbonyl (C=O) groups is 4. The fourth-order valence-electron chi connectivity index (χ4n) is 2.93. The van der Waals surface area contributed by atoms with Crippen LogP contribution in [0.4, 0.5) is 0 Å². The van der Waals surface area contributed by atoms with Crippen LogP contribution in [0.3, 0.4) is 0 Å². The van der Waals surface area contributed by atoms with Gasteiger partial charge in [-0.3, -0.25) is 19.3 Å². The number of carboxylic acids is 1. The lowest BCUT2D eigenvalue weighted by Gasteiger charge is -2.30. The van der Waals surface area contributed by atoms with Gasteiger partial charge in [0.15, 0.2) is 0 Å². The monoisotopic (exact) mass is 346 g/mol. The quantitative estimate of drug-likeness (QED) is 0.760. The van der Waals surface area contributed by atoms with Crippen LogP contribution in [0.5, 0.6) is 0 Å². The highest BCUT2D eigenvalue weighted by Crippen LogP contribution is 2.27. The maximum atomic E-state index is 12.7. The smallest absolute Gasteiger partial charge is 0.326 e. The van der Waals surface area contributed by atoms with E-state index in [1.165, 1.54) is 0 Å². The third-order valence-electron chi connectivity index (χ3n) is 4.23. The lowest BCUT2D eigenvalue weighted by molar-refractivity contribution is -0.144. The van der Waals surface area contributed by atoms with Crippen LogP contribution in [-0.4, -0.2) is 45.8 Å². The van der Waals surface area contributed by atoms with Gasteiger partial charge in [0.25, 0.3) is 11.8 Å². The molecule has 0 fully saturated rings. The maximum absolute atomic E-state index is 12.7. The lowest BCUT2D eigenvalue weighted by atomic mass is 9.99. The van der Waals surface area contributed by atoms with E-state index in [1.807, 2.05) is 0 Å². The summed E-state index contributed by atoms with van der Waals surface area (Å²) in [6.07, 6.45) is 0. The number of nitrogens with one attached hydrogen (secondary N) is 1. The molecule has 0 saturated heterocycles. The molecule has 2 atom stereocenters. The number of rotatable bonds is 6. The molecule has 0 radical (unpaired) electrons. The Labute approximate surface area is 146 Å². The molecule has 1 heterocycles. The minimum absolute atomic E-state index is 0.254. The molecule has 1 aromatic rings. The second-order valence-corrected chi connectivity index (χ2v) is 6.78. The second-order valence-electron chi connectivity index (χ2n) is 6.78. The largest absolute Gasteiger partial charge is 0.480 e. The van der Waals surface area contributed by atoms with Gasteiger partial charge in [0.1, 0.15) is 12.1 Å². The van der Waals surface area contributed by atoms with Gasteiger partial charge in [-0.2, -0.15) is 0 Å². The third-order valence-corrected chi connectivity index (χ3v) is 4.23. The molecule has 25 heavy (non-hydrogen) atoms. The Morgan fingerprint density at radius 3 is 1.80 bits per heavy atom. The zero-order valence-corrected chi connectivity index (χ0v) is 14.6. The van der Waals surface area contributed by atoms with Crippen molar-refractivity contribution in [2.75, 3.05) is 0 Å². The van der Waals surface area contributed by atoms with Gasteiger partial charge in [0, 0.05) is 0 Å². The molecule has 0 unspecified atom stereocenters. The fraction of sp³-hybridized carbons (Fsp3) is 0.444. The van der Waals surface area contributed by atoms with Crippen LogP contribution < -0.4 is 5.32 Å². The Bertz CT molecular complexity index is 691. The average molecular weight is 346 g/mol. The first kappa shape index (κ1) is 18.6. The van der Waals surface area contributed by atoms with Crippen LogP contribution in [0.25, 0.3) is 0 Å². The zero-order chi connectivity index (χ0) is 18.9. The number of carboxylic acid groups (broad SMARTS) is 1. The summed E-state index contributed by atoms with van der Waals surface area (Å²) in [5, 5.41) is 11.7. The van der Waals surface area contributed by atoms with Crippen molar-refractivity contribution in [3.63, 3.8) is 0 Å². The molecule has 0 bridgehead atoms. The van der Waals surface area contributed by atoms with Gasteiger partial charge in [0.05, 0.1) is 11.1 Å². The number of hydrogen-bond acceptors (Lipinski definition) is 4. The highest BCUT2D eigenvalue weighted by molar-refractivity contribution is 6.22.